The number of aromatic nitrogens is 1. The van der Waals surface area contributed by atoms with Gasteiger partial charge in [-0.05, 0) is 61.9 Å². The van der Waals surface area contributed by atoms with E-state index in [0.717, 1.165) is 55.8 Å². The number of pyridine rings is 1. The van der Waals surface area contributed by atoms with Gasteiger partial charge in [0.15, 0.2) is 0 Å². The van der Waals surface area contributed by atoms with Crippen molar-refractivity contribution in [2.45, 2.75) is 45.3 Å². The molecule has 1 saturated carbocycles. The Morgan fingerprint density at radius 3 is 2.67 bits per heavy atom. The van der Waals surface area contributed by atoms with Gasteiger partial charge in [0.1, 0.15) is 12.4 Å². The fraction of sp³-hybridized carbons (Fsp3) is 0.500. The number of likely N-dealkylation sites (tertiary alicyclic amines) is 1. The van der Waals surface area contributed by atoms with Crippen LogP contribution in [0.1, 0.15) is 35.2 Å². The smallest absolute Gasteiger partial charge is 0.306 e. The molecule has 2 aromatic rings. The SMILES string of the molecule is COc1ccc(COc2ccc3c(c2)CC2(C3)CN(C3CC(C(=O)O)C3)C2)c(C)n1. The molecule has 0 bridgehead atoms. The predicted molar refractivity (Wildman–Crippen MR) is 112 cm³/mol. The average molecular weight is 408 g/mol. The van der Waals surface area contributed by atoms with E-state index in [0.29, 0.717) is 23.9 Å². The average Bonchev–Trinajstić information content (AvgIpc) is 3.04. The van der Waals surface area contributed by atoms with Gasteiger partial charge in [-0.3, -0.25) is 9.69 Å². The number of fused-ring (bicyclic) bond motifs is 1. The molecular weight excluding hydrogens is 380 g/mol. The third-order valence-corrected chi connectivity index (χ3v) is 7.14. The lowest BCUT2D eigenvalue weighted by Crippen LogP contribution is -2.63. The van der Waals surface area contributed by atoms with Gasteiger partial charge in [0.05, 0.1) is 13.0 Å². The van der Waals surface area contributed by atoms with Crippen molar-refractivity contribution in [2.75, 3.05) is 20.2 Å². The number of benzene rings is 1. The van der Waals surface area contributed by atoms with Crippen molar-refractivity contribution in [3.63, 3.8) is 0 Å². The summed E-state index contributed by atoms with van der Waals surface area (Å²) in [4.78, 5) is 17.9. The maximum absolute atomic E-state index is 11.0. The molecule has 1 saturated heterocycles. The molecule has 6 nitrogen and oxygen atoms in total. The summed E-state index contributed by atoms with van der Waals surface area (Å²) in [7, 11) is 1.62. The third-order valence-electron chi connectivity index (χ3n) is 7.14. The molecule has 3 aliphatic rings. The first kappa shape index (κ1) is 19.4. The van der Waals surface area contributed by atoms with Crippen LogP contribution in [0.4, 0.5) is 0 Å². The Bertz CT molecular complexity index is 977. The second kappa shape index (κ2) is 7.27. The van der Waals surface area contributed by atoms with Crippen molar-refractivity contribution in [3.8, 4) is 11.6 Å². The van der Waals surface area contributed by atoms with Crippen LogP contribution >= 0.6 is 0 Å². The maximum Gasteiger partial charge on any atom is 0.306 e. The van der Waals surface area contributed by atoms with Crippen molar-refractivity contribution in [3.05, 3.63) is 52.7 Å². The van der Waals surface area contributed by atoms with Crippen LogP contribution in [0.2, 0.25) is 0 Å². The molecule has 2 fully saturated rings. The summed E-state index contributed by atoms with van der Waals surface area (Å²) in [6, 6.07) is 10.8. The van der Waals surface area contributed by atoms with Crippen molar-refractivity contribution in [1.29, 1.82) is 0 Å². The monoisotopic (exact) mass is 408 g/mol. The summed E-state index contributed by atoms with van der Waals surface area (Å²) in [5.41, 5.74) is 5.15. The minimum absolute atomic E-state index is 0.128. The molecule has 0 unspecified atom stereocenters. The summed E-state index contributed by atoms with van der Waals surface area (Å²) in [5, 5.41) is 9.09. The van der Waals surface area contributed by atoms with Crippen molar-refractivity contribution in [2.24, 2.45) is 11.3 Å². The van der Waals surface area contributed by atoms with Gasteiger partial charge in [0, 0.05) is 41.9 Å². The van der Waals surface area contributed by atoms with Gasteiger partial charge < -0.3 is 14.6 Å². The number of ether oxygens (including phenoxy) is 2. The number of hydrogen-bond acceptors (Lipinski definition) is 5. The van der Waals surface area contributed by atoms with Gasteiger partial charge in [-0.25, -0.2) is 4.98 Å². The minimum Gasteiger partial charge on any atom is -0.489 e. The molecule has 30 heavy (non-hydrogen) atoms. The number of nitrogens with zero attached hydrogens (tertiary/aromatic N) is 2. The summed E-state index contributed by atoms with van der Waals surface area (Å²) in [6.45, 7) is 4.64. The van der Waals surface area contributed by atoms with Gasteiger partial charge in [0.25, 0.3) is 0 Å². The maximum atomic E-state index is 11.0. The molecule has 6 heteroatoms. The number of aliphatic carboxylic acids is 1. The zero-order valence-corrected chi connectivity index (χ0v) is 17.6. The number of hydrogen-bond donors (Lipinski definition) is 1. The van der Waals surface area contributed by atoms with Gasteiger partial charge >= 0.3 is 5.97 Å². The van der Waals surface area contributed by atoms with Gasteiger partial charge in [-0.2, -0.15) is 0 Å². The lowest BCUT2D eigenvalue weighted by atomic mass is 9.71. The Morgan fingerprint density at radius 1 is 1.20 bits per heavy atom. The van der Waals surface area contributed by atoms with Crippen LogP contribution in [-0.2, 0) is 24.2 Å². The Morgan fingerprint density at radius 2 is 1.97 bits per heavy atom. The minimum atomic E-state index is -0.636. The van der Waals surface area contributed by atoms with E-state index >= 15 is 0 Å². The molecule has 1 aromatic carbocycles. The highest BCUT2D eigenvalue weighted by atomic mass is 16.5. The molecule has 2 aliphatic carbocycles. The molecule has 158 valence electrons. The first-order chi connectivity index (χ1) is 14.4. The van der Waals surface area contributed by atoms with Crippen LogP contribution in [0.3, 0.4) is 0 Å². The van der Waals surface area contributed by atoms with E-state index < -0.39 is 5.97 Å². The van der Waals surface area contributed by atoms with E-state index in [2.05, 4.69) is 28.1 Å². The molecule has 1 aliphatic heterocycles. The van der Waals surface area contributed by atoms with Crippen LogP contribution < -0.4 is 9.47 Å². The Balaban J connectivity index is 1.17. The fourth-order valence-electron chi connectivity index (χ4n) is 5.28. The molecule has 0 radical (unpaired) electrons. The van der Waals surface area contributed by atoms with E-state index in [9.17, 15) is 4.79 Å². The van der Waals surface area contributed by atoms with E-state index in [-0.39, 0.29) is 5.92 Å². The molecule has 0 atom stereocenters. The molecular formula is C24H28N2O4. The number of aryl methyl sites for hydroxylation is 1. The first-order valence-corrected chi connectivity index (χ1v) is 10.7. The fourth-order valence-corrected chi connectivity index (χ4v) is 5.28. The van der Waals surface area contributed by atoms with E-state index in [1.54, 1.807) is 7.11 Å². The normalized spacial score (nSPS) is 24.1. The Labute approximate surface area is 176 Å². The van der Waals surface area contributed by atoms with Crippen molar-refractivity contribution < 1.29 is 19.4 Å². The van der Waals surface area contributed by atoms with Crippen LogP contribution in [0.5, 0.6) is 11.6 Å². The van der Waals surface area contributed by atoms with E-state index in [1.165, 1.54) is 11.1 Å². The number of carbonyl (C=O) groups is 1. The van der Waals surface area contributed by atoms with Crippen LogP contribution in [0.25, 0.3) is 0 Å². The quantitative estimate of drug-likeness (QED) is 0.791. The second-order valence-corrected chi connectivity index (χ2v) is 9.24. The predicted octanol–water partition coefficient (Wildman–Crippen LogP) is 3.24. The highest BCUT2D eigenvalue weighted by Gasteiger charge is 2.51. The molecule has 1 aromatic heterocycles. The molecule has 5 rings (SSSR count). The Kier molecular flexibility index (Phi) is 4.69. The summed E-state index contributed by atoms with van der Waals surface area (Å²) >= 11 is 0. The second-order valence-electron chi connectivity index (χ2n) is 9.24. The number of carboxylic acids is 1. The molecule has 1 N–H and O–H groups in total. The topological polar surface area (TPSA) is 71.9 Å². The summed E-state index contributed by atoms with van der Waals surface area (Å²) < 4.78 is 11.2. The van der Waals surface area contributed by atoms with Crippen molar-refractivity contribution in [1.82, 2.24) is 9.88 Å². The standard InChI is InChI=1S/C24H28N2O4/c1-15-17(4-6-22(25-15)29-2)12-30-21-5-3-16-10-24(11-19(16)9-21)13-26(14-24)20-7-18(8-20)23(27)28/h3-6,9,18,20H,7-8,10-14H2,1-2H3,(H,27,28). The number of carboxylic acid groups (broad SMARTS) is 1. The molecule has 0 amide bonds. The Hall–Kier alpha value is -2.60. The lowest BCUT2D eigenvalue weighted by Gasteiger charge is -2.55. The highest BCUT2D eigenvalue weighted by Crippen LogP contribution is 2.48. The summed E-state index contributed by atoms with van der Waals surface area (Å²) in [6.07, 6.45) is 3.84. The van der Waals surface area contributed by atoms with Gasteiger partial charge in [-0.15, -0.1) is 0 Å². The van der Waals surface area contributed by atoms with E-state index in [4.69, 9.17) is 14.6 Å². The number of methoxy groups -OCH3 is 1. The zero-order chi connectivity index (χ0) is 20.9. The summed E-state index contributed by atoms with van der Waals surface area (Å²) in [5.74, 6) is 0.758. The third kappa shape index (κ3) is 3.43. The zero-order valence-electron chi connectivity index (χ0n) is 17.6. The molecule has 1 spiro atoms. The van der Waals surface area contributed by atoms with Crippen LogP contribution in [0.15, 0.2) is 30.3 Å². The van der Waals surface area contributed by atoms with Crippen LogP contribution in [0, 0.1) is 18.3 Å². The van der Waals surface area contributed by atoms with Crippen LogP contribution in [-0.4, -0.2) is 47.2 Å². The first-order valence-electron chi connectivity index (χ1n) is 10.7. The van der Waals surface area contributed by atoms with Gasteiger partial charge in [0.2, 0.25) is 5.88 Å². The molecule has 2 heterocycles. The van der Waals surface area contributed by atoms with Gasteiger partial charge in [-0.1, -0.05) is 6.07 Å². The number of rotatable bonds is 6. The lowest BCUT2D eigenvalue weighted by molar-refractivity contribution is -0.150. The largest absolute Gasteiger partial charge is 0.489 e. The highest BCUT2D eigenvalue weighted by molar-refractivity contribution is 5.71. The van der Waals surface area contributed by atoms with E-state index in [1.807, 2.05) is 19.1 Å². The van der Waals surface area contributed by atoms with Crippen molar-refractivity contribution >= 4 is 5.97 Å².